The molecule has 0 unspecified atom stereocenters. The van der Waals surface area contributed by atoms with Gasteiger partial charge in [0, 0.05) is 30.5 Å². The highest BCUT2D eigenvalue weighted by Crippen LogP contribution is 2.14. The minimum absolute atomic E-state index is 0.146. The minimum atomic E-state index is -0.322. The molecule has 0 N–H and O–H groups in total. The van der Waals surface area contributed by atoms with E-state index in [1.807, 2.05) is 12.1 Å². The molecule has 0 radical (unpaired) electrons. The molecule has 1 amide bonds. The second kappa shape index (κ2) is 9.03. The van der Waals surface area contributed by atoms with Gasteiger partial charge in [-0.15, -0.1) is 0 Å². The lowest BCUT2D eigenvalue weighted by atomic mass is 10.1. The summed E-state index contributed by atoms with van der Waals surface area (Å²) in [6, 6.07) is 10.7. The highest BCUT2D eigenvalue weighted by Gasteiger charge is 2.18. The SMILES string of the molecule is CCOC(=O)CCN(Cc1ccc(Cl)cc1)C(=O)c1cccnc1. The van der Waals surface area contributed by atoms with Crippen molar-refractivity contribution in [3.8, 4) is 0 Å². The number of rotatable bonds is 7. The summed E-state index contributed by atoms with van der Waals surface area (Å²) < 4.78 is 4.94. The molecular formula is C18H19ClN2O3. The number of benzene rings is 1. The minimum Gasteiger partial charge on any atom is -0.466 e. The Hall–Kier alpha value is -2.40. The molecule has 0 aliphatic heterocycles. The summed E-state index contributed by atoms with van der Waals surface area (Å²) in [5, 5.41) is 0.635. The van der Waals surface area contributed by atoms with Crippen LogP contribution in [0, 0.1) is 0 Å². The second-order valence-electron chi connectivity index (χ2n) is 5.15. The van der Waals surface area contributed by atoms with Crippen LogP contribution < -0.4 is 0 Å². The first kappa shape index (κ1) is 17.9. The molecule has 0 aliphatic rings. The van der Waals surface area contributed by atoms with E-state index in [1.54, 1.807) is 42.3 Å². The predicted octanol–water partition coefficient (Wildman–Crippen LogP) is 3.33. The molecule has 0 fully saturated rings. The third-order valence-electron chi connectivity index (χ3n) is 3.37. The molecule has 24 heavy (non-hydrogen) atoms. The Balaban J connectivity index is 2.12. The number of nitrogens with zero attached hydrogens (tertiary/aromatic N) is 2. The van der Waals surface area contributed by atoms with Crippen LogP contribution in [0.25, 0.3) is 0 Å². The van der Waals surface area contributed by atoms with E-state index < -0.39 is 0 Å². The summed E-state index contributed by atoms with van der Waals surface area (Å²) in [4.78, 5) is 29.9. The van der Waals surface area contributed by atoms with Gasteiger partial charge < -0.3 is 9.64 Å². The fourth-order valence-electron chi connectivity index (χ4n) is 2.19. The lowest BCUT2D eigenvalue weighted by Crippen LogP contribution is -2.33. The van der Waals surface area contributed by atoms with E-state index in [4.69, 9.17) is 16.3 Å². The third kappa shape index (κ3) is 5.35. The number of ether oxygens (including phenoxy) is 1. The Morgan fingerprint density at radius 1 is 1.21 bits per heavy atom. The largest absolute Gasteiger partial charge is 0.466 e. The van der Waals surface area contributed by atoms with Gasteiger partial charge in [-0.1, -0.05) is 23.7 Å². The Morgan fingerprint density at radius 3 is 2.58 bits per heavy atom. The van der Waals surface area contributed by atoms with Crippen molar-refractivity contribution in [3.05, 3.63) is 64.9 Å². The smallest absolute Gasteiger partial charge is 0.307 e. The van der Waals surface area contributed by atoms with Gasteiger partial charge in [0.25, 0.3) is 5.91 Å². The molecule has 0 atom stereocenters. The zero-order valence-electron chi connectivity index (χ0n) is 13.4. The summed E-state index contributed by atoms with van der Waals surface area (Å²) in [6.45, 7) is 2.73. The van der Waals surface area contributed by atoms with Crippen LogP contribution in [-0.2, 0) is 16.1 Å². The molecule has 5 nitrogen and oxygen atoms in total. The Morgan fingerprint density at radius 2 is 1.96 bits per heavy atom. The van der Waals surface area contributed by atoms with Crippen molar-refractivity contribution in [2.24, 2.45) is 0 Å². The van der Waals surface area contributed by atoms with E-state index >= 15 is 0 Å². The predicted molar refractivity (Wildman–Crippen MR) is 91.7 cm³/mol. The van der Waals surface area contributed by atoms with Crippen LogP contribution in [0.3, 0.4) is 0 Å². The zero-order valence-corrected chi connectivity index (χ0v) is 14.2. The van der Waals surface area contributed by atoms with E-state index in [9.17, 15) is 9.59 Å². The van der Waals surface area contributed by atoms with Crippen LogP contribution in [0.2, 0.25) is 5.02 Å². The van der Waals surface area contributed by atoms with Gasteiger partial charge in [-0.2, -0.15) is 0 Å². The average Bonchev–Trinajstić information content (AvgIpc) is 2.60. The van der Waals surface area contributed by atoms with Gasteiger partial charge in [0.2, 0.25) is 0 Å². The normalized spacial score (nSPS) is 10.2. The highest BCUT2D eigenvalue weighted by atomic mass is 35.5. The molecule has 126 valence electrons. The topological polar surface area (TPSA) is 59.5 Å². The third-order valence-corrected chi connectivity index (χ3v) is 3.63. The van der Waals surface area contributed by atoms with Gasteiger partial charge in [-0.05, 0) is 36.8 Å². The van der Waals surface area contributed by atoms with Crippen molar-refractivity contribution in [3.63, 3.8) is 0 Å². The van der Waals surface area contributed by atoms with Gasteiger partial charge in [-0.3, -0.25) is 14.6 Å². The van der Waals surface area contributed by atoms with Crippen molar-refractivity contribution < 1.29 is 14.3 Å². The molecule has 0 saturated heterocycles. The average molecular weight is 347 g/mol. The van der Waals surface area contributed by atoms with Crippen LogP contribution in [0.15, 0.2) is 48.8 Å². The number of halogens is 1. The standard InChI is InChI=1S/C18H19ClN2O3/c1-2-24-17(22)9-11-21(13-14-5-7-16(19)8-6-14)18(23)15-4-3-10-20-12-15/h3-8,10,12H,2,9,11,13H2,1H3. The monoisotopic (exact) mass is 346 g/mol. The van der Waals surface area contributed by atoms with Gasteiger partial charge in [0.05, 0.1) is 18.6 Å². The van der Waals surface area contributed by atoms with E-state index in [0.717, 1.165) is 5.56 Å². The zero-order chi connectivity index (χ0) is 17.4. The molecule has 1 heterocycles. The van der Waals surface area contributed by atoms with E-state index in [-0.39, 0.29) is 24.8 Å². The number of hydrogen-bond donors (Lipinski definition) is 0. The molecule has 2 aromatic rings. The first-order chi connectivity index (χ1) is 11.6. The maximum Gasteiger partial charge on any atom is 0.307 e. The van der Waals surface area contributed by atoms with E-state index in [1.165, 1.54) is 6.20 Å². The molecule has 1 aromatic heterocycles. The molecule has 1 aromatic carbocycles. The lowest BCUT2D eigenvalue weighted by molar-refractivity contribution is -0.143. The van der Waals surface area contributed by atoms with Crippen LogP contribution >= 0.6 is 11.6 Å². The van der Waals surface area contributed by atoms with Gasteiger partial charge in [0.1, 0.15) is 0 Å². The first-order valence-corrected chi connectivity index (χ1v) is 8.07. The lowest BCUT2D eigenvalue weighted by Gasteiger charge is -2.22. The van der Waals surface area contributed by atoms with Gasteiger partial charge in [-0.25, -0.2) is 0 Å². The Kier molecular flexibility index (Phi) is 6.75. The van der Waals surface area contributed by atoms with Gasteiger partial charge in [0.15, 0.2) is 0 Å². The van der Waals surface area contributed by atoms with Crippen molar-refractivity contribution in [2.75, 3.05) is 13.2 Å². The number of esters is 1. The first-order valence-electron chi connectivity index (χ1n) is 7.69. The molecule has 0 aliphatic carbocycles. The maximum absolute atomic E-state index is 12.7. The molecule has 0 saturated carbocycles. The summed E-state index contributed by atoms with van der Waals surface area (Å²) in [7, 11) is 0. The number of carbonyl (C=O) groups is 2. The van der Waals surface area contributed by atoms with Crippen molar-refractivity contribution in [1.29, 1.82) is 0 Å². The summed E-state index contributed by atoms with van der Waals surface area (Å²) >= 11 is 5.89. The van der Waals surface area contributed by atoms with Crippen LogP contribution in [0.4, 0.5) is 0 Å². The Labute approximate surface area is 146 Å². The number of pyridine rings is 1. The molecule has 0 bridgehead atoms. The molecule has 6 heteroatoms. The summed E-state index contributed by atoms with van der Waals surface area (Å²) in [5.41, 5.74) is 1.41. The van der Waals surface area contributed by atoms with Crippen LogP contribution in [-0.4, -0.2) is 34.9 Å². The fourth-order valence-corrected chi connectivity index (χ4v) is 2.32. The van der Waals surface area contributed by atoms with Gasteiger partial charge >= 0.3 is 5.97 Å². The van der Waals surface area contributed by atoms with E-state index in [0.29, 0.717) is 23.7 Å². The van der Waals surface area contributed by atoms with Crippen molar-refractivity contribution >= 4 is 23.5 Å². The quantitative estimate of drug-likeness (QED) is 0.721. The number of carbonyl (C=O) groups excluding carboxylic acids is 2. The van der Waals surface area contributed by atoms with E-state index in [2.05, 4.69) is 4.98 Å². The highest BCUT2D eigenvalue weighted by molar-refractivity contribution is 6.30. The number of hydrogen-bond acceptors (Lipinski definition) is 4. The molecule has 0 spiro atoms. The maximum atomic E-state index is 12.7. The molecular weight excluding hydrogens is 328 g/mol. The van der Waals surface area contributed by atoms with Crippen LogP contribution in [0.1, 0.15) is 29.3 Å². The summed E-state index contributed by atoms with van der Waals surface area (Å²) in [6.07, 6.45) is 3.27. The fraction of sp³-hybridized carbons (Fsp3) is 0.278. The molecule has 2 rings (SSSR count). The second-order valence-corrected chi connectivity index (χ2v) is 5.59. The number of amides is 1. The van der Waals surface area contributed by atoms with Crippen molar-refractivity contribution in [1.82, 2.24) is 9.88 Å². The van der Waals surface area contributed by atoms with Crippen molar-refractivity contribution in [2.45, 2.75) is 19.9 Å². The van der Waals surface area contributed by atoms with Crippen LogP contribution in [0.5, 0.6) is 0 Å². The number of aromatic nitrogens is 1. The Bertz CT molecular complexity index is 674. The summed E-state index contributed by atoms with van der Waals surface area (Å²) in [5.74, 6) is -0.500.